The van der Waals surface area contributed by atoms with Crippen LogP contribution in [0, 0.1) is 14.9 Å². The molecule has 0 aliphatic carbocycles. The van der Waals surface area contributed by atoms with Crippen LogP contribution >= 0.6 is 22.6 Å². The van der Waals surface area contributed by atoms with Gasteiger partial charge in [-0.25, -0.2) is 0 Å². The number of hydrogen-bond donors (Lipinski definition) is 2. The molecule has 0 saturated heterocycles. The molecule has 0 saturated carbocycles. The van der Waals surface area contributed by atoms with E-state index in [1.807, 2.05) is 30.3 Å². The molecule has 0 radical (unpaired) electrons. The number of anilines is 2. The van der Waals surface area contributed by atoms with Crippen LogP contribution in [-0.2, 0) is 4.79 Å². The third-order valence-electron chi connectivity index (χ3n) is 2.62. The standard InChI is InChI=1S/C15H12IN3O/c16-12-5-7-13(8-6-12)18-10-15(20)19-14-4-2-1-3-11(14)9-17/h1-8,18H,10H2,(H,19,20). The van der Waals surface area contributed by atoms with Crippen LogP contribution in [0.3, 0.4) is 0 Å². The first-order valence-electron chi connectivity index (χ1n) is 5.97. The molecule has 0 aromatic heterocycles. The Balaban J connectivity index is 1.93. The van der Waals surface area contributed by atoms with E-state index in [9.17, 15) is 4.79 Å². The Morgan fingerprint density at radius 1 is 1.15 bits per heavy atom. The second-order valence-corrected chi connectivity index (χ2v) is 5.31. The van der Waals surface area contributed by atoms with E-state index in [1.54, 1.807) is 24.3 Å². The zero-order chi connectivity index (χ0) is 14.4. The van der Waals surface area contributed by atoms with Gasteiger partial charge < -0.3 is 10.6 Å². The number of benzene rings is 2. The van der Waals surface area contributed by atoms with Crippen molar-refractivity contribution in [1.82, 2.24) is 0 Å². The quantitative estimate of drug-likeness (QED) is 0.805. The van der Waals surface area contributed by atoms with Crippen LogP contribution in [0.15, 0.2) is 48.5 Å². The van der Waals surface area contributed by atoms with Crippen molar-refractivity contribution in [3.05, 3.63) is 57.7 Å². The highest BCUT2D eigenvalue weighted by molar-refractivity contribution is 14.1. The highest BCUT2D eigenvalue weighted by atomic mass is 127. The Morgan fingerprint density at radius 3 is 2.55 bits per heavy atom. The molecular weight excluding hydrogens is 365 g/mol. The summed E-state index contributed by atoms with van der Waals surface area (Å²) in [5.41, 5.74) is 1.87. The number of para-hydroxylation sites is 1. The highest BCUT2D eigenvalue weighted by Crippen LogP contribution is 2.14. The zero-order valence-corrected chi connectivity index (χ0v) is 12.7. The summed E-state index contributed by atoms with van der Waals surface area (Å²) in [5, 5.41) is 14.7. The molecule has 1 amide bonds. The van der Waals surface area contributed by atoms with Crippen LogP contribution in [0.4, 0.5) is 11.4 Å². The van der Waals surface area contributed by atoms with Gasteiger partial charge in [0, 0.05) is 9.26 Å². The molecule has 2 N–H and O–H groups in total. The molecule has 5 heteroatoms. The second-order valence-electron chi connectivity index (χ2n) is 4.07. The van der Waals surface area contributed by atoms with Gasteiger partial charge in [0.15, 0.2) is 0 Å². The molecule has 0 heterocycles. The highest BCUT2D eigenvalue weighted by Gasteiger charge is 2.05. The number of nitrogens with one attached hydrogen (secondary N) is 2. The molecule has 20 heavy (non-hydrogen) atoms. The van der Waals surface area contributed by atoms with E-state index < -0.39 is 0 Å². The average Bonchev–Trinajstić information content (AvgIpc) is 2.47. The van der Waals surface area contributed by atoms with Crippen LogP contribution in [0.1, 0.15) is 5.56 Å². The minimum atomic E-state index is -0.189. The molecule has 0 atom stereocenters. The Labute approximate surface area is 130 Å². The lowest BCUT2D eigenvalue weighted by Crippen LogP contribution is -2.22. The van der Waals surface area contributed by atoms with Gasteiger partial charge in [-0.2, -0.15) is 5.26 Å². The number of rotatable bonds is 4. The lowest BCUT2D eigenvalue weighted by atomic mass is 10.2. The number of nitrogens with zero attached hydrogens (tertiary/aromatic N) is 1. The van der Waals surface area contributed by atoms with Gasteiger partial charge in [-0.3, -0.25) is 4.79 Å². The largest absolute Gasteiger partial charge is 0.376 e. The van der Waals surface area contributed by atoms with Crippen molar-refractivity contribution in [2.45, 2.75) is 0 Å². The van der Waals surface area contributed by atoms with E-state index >= 15 is 0 Å². The molecule has 2 aromatic carbocycles. The average molecular weight is 377 g/mol. The minimum absolute atomic E-state index is 0.153. The topological polar surface area (TPSA) is 64.9 Å². The van der Waals surface area contributed by atoms with Gasteiger partial charge in [-0.05, 0) is 59.0 Å². The van der Waals surface area contributed by atoms with Crippen molar-refractivity contribution in [3.8, 4) is 6.07 Å². The number of carbonyl (C=O) groups excluding carboxylic acids is 1. The van der Waals surface area contributed by atoms with E-state index in [0.717, 1.165) is 9.26 Å². The van der Waals surface area contributed by atoms with Gasteiger partial charge >= 0.3 is 0 Å². The lowest BCUT2D eigenvalue weighted by Gasteiger charge is -2.08. The summed E-state index contributed by atoms with van der Waals surface area (Å²) in [4.78, 5) is 11.8. The maximum atomic E-state index is 11.8. The summed E-state index contributed by atoms with van der Waals surface area (Å²) in [6.45, 7) is 0.153. The van der Waals surface area contributed by atoms with Crippen molar-refractivity contribution in [1.29, 1.82) is 5.26 Å². The van der Waals surface area contributed by atoms with Gasteiger partial charge in [0.1, 0.15) is 6.07 Å². The fourth-order valence-electron chi connectivity index (χ4n) is 1.63. The number of hydrogen-bond acceptors (Lipinski definition) is 3. The minimum Gasteiger partial charge on any atom is -0.376 e. The molecular formula is C15H12IN3O. The first-order chi connectivity index (χ1) is 9.69. The van der Waals surface area contributed by atoms with E-state index in [-0.39, 0.29) is 12.5 Å². The molecule has 2 rings (SSSR count). The monoisotopic (exact) mass is 377 g/mol. The Bertz CT molecular complexity index is 647. The SMILES string of the molecule is N#Cc1ccccc1NC(=O)CNc1ccc(I)cc1. The first-order valence-corrected chi connectivity index (χ1v) is 7.05. The van der Waals surface area contributed by atoms with Crippen molar-refractivity contribution in [2.75, 3.05) is 17.2 Å². The summed E-state index contributed by atoms with van der Waals surface area (Å²) in [7, 11) is 0. The van der Waals surface area contributed by atoms with Crippen LogP contribution < -0.4 is 10.6 Å². The fraction of sp³-hybridized carbons (Fsp3) is 0.0667. The predicted molar refractivity (Wildman–Crippen MR) is 87.4 cm³/mol. The number of carbonyl (C=O) groups is 1. The maximum Gasteiger partial charge on any atom is 0.243 e. The zero-order valence-electron chi connectivity index (χ0n) is 10.6. The molecule has 0 aliphatic heterocycles. The Hall–Kier alpha value is -2.07. The third kappa shape index (κ3) is 3.96. The Morgan fingerprint density at radius 2 is 1.85 bits per heavy atom. The summed E-state index contributed by atoms with van der Waals surface area (Å²) >= 11 is 2.22. The number of amides is 1. The van der Waals surface area contributed by atoms with E-state index in [0.29, 0.717) is 11.3 Å². The van der Waals surface area contributed by atoms with Crippen LogP contribution in [0.2, 0.25) is 0 Å². The van der Waals surface area contributed by atoms with Gasteiger partial charge in [0.2, 0.25) is 5.91 Å². The smallest absolute Gasteiger partial charge is 0.243 e. The molecule has 4 nitrogen and oxygen atoms in total. The first kappa shape index (κ1) is 14.3. The number of halogens is 1. The van der Waals surface area contributed by atoms with Crippen molar-refractivity contribution in [3.63, 3.8) is 0 Å². The molecule has 2 aromatic rings. The molecule has 0 fully saturated rings. The van der Waals surface area contributed by atoms with Gasteiger partial charge in [-0.1, -0.05) is 12.1 Å². The van der Waals surface area contributed by atoms with Crippen molar-refractivity contribution >= 4 is 39.9 Å². The van der Waals surface area contributed by atoms with Crippen LogP contribution in [0.25, 0.3) is 0 Å². The van der Waals surface area contributed by atoms with Crippen molar-refractivity contribution in [2.24, 2.45) is 0 Å². The predicted octanol–water partition coefficient (Wildman–Crippen LogP) is 3.21. The van der Waals surface area contributed by atoms with Crippen molar-refractivity contribution < 1.29 is 4.79 Å². The summed E-state index contributed by atoms with van der Waals surface area (Å²) < 4.78 is 1.14. The van der Waals surface area contributed by atoms with E-state index in [4.69, 9.17) is 5.26 Å². The summed E-state index contributed by atoms with van der Waals surface area (Å²) in [5.74, 6) is -0.189. The van der Waals surface area contributed by atoms with E-state index in [1.165, 1.54) is 0 Å². The van der Waals surface area contributed by atoms with Gasteiger partial charge in [0.05, 0.1) is 17.8 Å². The molecule has 0 aliphatic rings. The van der Waals surface area contributed by atoms with Gasteiger partial charge in [0.25, 0.3) is 0 Å². The molecule has 0 unspecified atom stereocenters. The lowest BCUT2D eigenvalue weighted by molar-refractivity contribution is -0.114. The maximum absolute atomic E-state index is 11.8. The molecule has 0 spiro atoms. The Kier molecular flexibility index (Phi) is 4.96. The number of nitriles is 1. The molecule has 0 bridgehead atoms. The summed E-state index contributed by atoms with van der Waals surface area (Å²) in [6.07, 6.45) is 0. The van der Waals surface area contributed by atoms with Crippen LogP contribution in [0.5, 0.6) is 0 Å². The van der Waals surface area contributed by atoms with Gasteiger partial charge in [-0.15, -0.1) is 0 Å². The second kappa shape index (κ2) is 6.91. The van der Waals surface area contributed by atoms with Crippen LogP contribution in [-0.4, -0.2) is 12.5 Å². The molecule has 100 valence electrons. The third-order valence-corrected chi connectivity index (χ3v) is 3.34. The summed E-state index contributed by atoms with van der Waals surface area (Å²) in [6, 6.07) is 16.7. The fourth-order valence-corrected chi connectivity index (χ4v) is 1.99. The normalized spacial score (nSPS) is 9.60. The van der Waals surface area contributed by atoms with E-state index in [2.05, 4.69) is 33.2 Å².